The first kappa shape index (κ1) is 17.5. The van der Waals surface area contributed by atoms with Crippen molar-refractivity contribution in [3.05, 3.63) is 89.8 Å². The Balaban J connectivity index is 1.52. The summed E-state index contributed by atoms with van der Waals surface area (Å²) in [5, 5.41) is 5.79. The third-order valence-corrected chi connectivity index (χ3v) is 3.72. The van der Waals surface area contributed by atoms with Crippen molar-refractivity contribution in [1.29, 1.82) is 0 Å². The Hall–Kier alpha value is -3.28. The van der Waals surface area contributed by atoms with Gasteiger partial charge in [0.15, 0.2) is 0 Å². The van der Waals surface area contributed by atoms with Gasteiger partial charge in [-0.05, 0) is 54.4 Å². The molecule has 2 aromatic carbocycles. The lowest BCUT2D eigenvalue weighted by Crippen LogP contribution is -2.26. The molecule has 0 radical (unpaired) electrons. The maximum Gasteiger partial charge on any atom is 0.269 e. The number of benzene rings is 2. The monoisotopic (exact) mass is 353 g/mol. The summed E-state index contributed by atoms with van der Waals surface area (Å²) in [5.74, 6) is -0.904. The van der Waals surface area contributed by atoms with Gasteiger partial charge in [-0.3, -0.25) is 4.79 Å². The number of hydrogen-bond acceptors (Lipinski definition) is 3. The van der Waals surface area contributed by atoms with Gasteiger partial charge in [-0.25, -0.2) is 13.8 Å². The lowest BCUT2D eigenvalue weighted by molar-refractivity contribution is 0.0949. The van der Waals surface area contributed by atoms with Gasteiger partial charge in [0.2, 0.25) is 0 Å². The van der Waals surface area contributed by atoms with Crippen LogP contribution in [0.3, 0.4) is 0 Å². The molecule has 0 aliphatic carbocycles. The number of anilines is 2. The van der Waals surface area contributed by atoms with E-state index in [1.807, 2.05) is 0 Å². The molecule has 0 atom stereocenters. The lowest BCUT2D eigenvalue weighted by Gasteiger charge is -2.08. The molecule has 0 bridgehead atoms. The van der Waals surface area contributed by atoms with Gasteiger partial charge in [-0.2, -0.15) is 0 Å². The highest BCUT2D eigenvalue weighted by Crippen LogP contribution is 2.16. The minimum Gasteiger partial charge on any atom is -0.354 e. The predicted molar refractivity (Wildman–Crippen MR) is 96.4 cm³/mol. The Labute approximate surface area is 149 Å². The number of aromatic nitrogens is 1. The van der Waals surface area contributed by atoms with Crippen LogP contribution in [0.1, 0.15) is 16.1 Å². The average molecular weight is 353 g/mol. The zero-order valence-electron chi connectivity index (χ0n) is 13.9. The van der Waals surface area contributed by atoms with Crippen LogP contribution in [0.25, 0.3) is 0 Å². The number of carbonyl (C=O) groups is 1. The van der Waals surface area contributed by atoms with Gasteiger partial charge in [0.1, 0.15) is 17.3 Å². The first-order valence-electron chi connectivity index (χ1n) is 8.11. The minimum absolute atomic E-state index is 0.283. The zero-order chi connectivity index (χ0) is 18.4. The highest BCUT2D eigenvalue weighted by atomic mass is 19.1. The number of halogens is 2. The summed E-state index contributed by atoms with van der Waals surface area (Å²) in [4.78, 5) is 16.2. The highest BCUT2D eigenvalue weighted by molar-refractivity contribution is 5.92. The van der Waals surface area contributed by atoms with Crippen LogP contribution in [-0.4, -0.2) is 17.4 Å². The number of carbonyl (C=O) groups excluding carboxylic acids is 1. The third-order valence-electron chi connectivity index (χ3n) is 3.72. The number of pyridine rings is 1. The zero-order valence-corrected chi connectivity index (χ0v) is 13.9. The molecule has 0 saturated carbocycles. The fourth-order valence-electron chi connectivity index (χ4n) is 2.40. The van der Waals surface area contributed by atoms with Gasteiger partial charge in [0.25, 0.3) is 5.91 Å². The highest BCUT2D eigenvalue weighted by Gasteiger charge is 2.07. The molecule has 6 heteroatoms. The molecule has 3 aromatic rings. The van der Waals surface area contributed by atoms with E-state index in [1.165, 1.54) is 30.5 Å². The first-order valence-corrected chi connectivity index (χ1v) is 8.11. The Kier molecular flexibility index (Phi) is 5.53. The van der Waals surface area contributed by atoms with E-state index in [2.05, 4.69) is 15.6 Å². The van der Waals surface area contributed by atoms with Gasteiger partial charge in [-0.15, -0.1) is 0 Å². The molecule has 0 fully saturated rings. The number of nitrogens with zero attached hydrogens (tertiary/aromatic N) is 1. The molecule has 3 rings (SSSR count). The van der Waals surface area contributed by atoms with E-state index in [-0.39, 0.29) is 23.2 Å². The largest absolute Gasteiger partial charge is 0.354 e. The van der Waals surface area contributed by atoms with Crippen molar-refractivity contribution in [2.24, 2.45) is 0 Å². The standard InChI is InChI=1S/C20H17F2N3O/c21-15-6-4-14(5-7-15)10-11-23-20(26)19-9-8-18(13-24-19)25-17-3-1-2-16(22)12-17/h1-9,12-13,25H,10-11H2,(H,23,26). The second-order valence-electron chi connectivity index (χ2n) is 5.70. The molecule has 1 amide bonds. The molecule has 4 nitrogen and oxygen atoms in total. The maximum atomic E-state index is 13.2. The maximum absolute atomic E-state index is 13.2. The van der Waals surface area contributed by atoms with Crippen LogP contribution in [0.15, 0.2) is 66.9 Å². The second kappa shape index (κ2) is 8.20. The number of rotatable bonds is 6. The summed E-state index contributed by atoms with van der Waals surface area (Å²) in [6.07, 6.45) is 2.12. The van der Waals surface area contributed by atoms with Crippen molar-refractivity contribution in [3.63, 3.8) is 0 Å². The smallest absolute Gasteiger partial charge is 0.269 e. The van der Waals surface area contributed by atoms with Crippen molar-refractivity contribution in [2.45, 2.75) is 6.42 Å². The van der Waals surface area contributed by atoms with Crippen LogP contribution in [0.4, 0.5) is 20.2 Å². The summed E-state index contributed by atoms with van der Waals surface area (Å²) >= 11 is 0. The van der Waals surface area contributed by atoms with E-state index in [9.17, 15) is 13.6 Å². The molecule has 0 spiro atoms. The van der Waals surface area contributed by atoms with Crippen LogP contribution in [0.5, 0.6) is 0 Å². The predicted octanol–water partition coefficient (Wildman–Crippen LogP) is 4.08. The summed E-state index contributed by atoms with van der Waals surface area (Å²) < 4.78 is 26.0. The Morgan fingerprint density at radius 3 is 2.42 bits per heavy atom. The van der Waals surface area contributed by atoms with Crippen molar-refractivity contribution >= 4 is 17.3 Å². The van der Waals surface area contributed by atoms with E-state index in [1.54, 1.807) is 36.4 Å². The second-order valence-corrected chi connectivity index (χ2v) is 5.70. The SMILES string of the molecule is O=C(NCCc1ccc(F)cc1)c1ccc(Nc2cccc(F)c2)cn1. The van der Waals surface area contributed by atoms with Crippen LogP contribution < -0.4 is 10.6 Å². The molecule has 1 aromatic heterocycles. The summed E-state index contributed by atoms with van der Waals surface area (Å²) in [6.45, 7) is 0.426. The van der Waals surface area contributed by atoms with Gasteiger partial charge in [0.05, 0.1) is 11.9 Å². The van der Waals surface area contributed by atoms with Crippen LogP contribution in [-0.2, 0) is 6.42 Å². The quantitative estimate of drug-likeness (QED) is 0.702. The van der Waals surface area contributed by atoms with Crippen molar-refractivity contribution in [1.82, 2.24) is 10.3 Å². The number of hydrogen-bond donors (Lipinski definition) is 2. The Morgan fingerprint density at radius 2 is 1.73 bits per heavy atom. The summed E-state index contributed by atoms with van der Waals surface area (Å²) in [7, 11) is 0. The summed E-state index contributed by atoms with van der Waals surface area (Å²) in [6, 6.07) is 15.5. The first-order chi connectivity index (χ1) is 12.6. The van der Waals surface area contributed by atoms with Gasteiger partial charge < -0.3 is 10.6 Å². The van der Waals surface area contributed by atoms with E-state index < -0.39 is 0 Å². The fraction of sp³-hybridized carbons (Fsp3) is 0.100. The molecule has 0 unspecified atom stereocenters. The van der Waals surface area contributed by atoms with Crippen molar-refractivity contribution in [2.75, 3.05) is 11.9 Å². The lowest BCUT2D eigenvalue weighted by atomic mass is 10.1. The molecule has 26 heavy (non-hydrogen) atoms. The van der Waals surface area contributed by atoms with E-state index >= 15 is 0 Å². The summed E-state index contributed by atoms with van der Waals surface area (Å²) in [5.41, 5.74) is 2.48. The normalized spacial score (nSPS) is 10.4. The minimum atomic E-state index is -0.333. The molecule has 0 aliphatic heterocycles. The van der Waals surface area contributed by atoms with Crippen LogP contribution in [0.2, 0.25) is 0 Å². The Morgan fingerprint density at radius 1 is 0.923 bits per heavy atom. The van der Waals surface area contributed by atoms with Gasteiger partial charge >= 0.3 is 0 Å². The molecule has 132 valence electrons. The molecular formula is C20H17F2N3O. The van der Waals surface area contributed by atoms with E-state index in [0.717, 1.165) is 5.56 Å². The van der Waals surface area contributed by atoms with Crippen molar-refractivity contribution < 1.29 is 13.6 Å². The molecule has 2 N–H and O–H groups in total. The fourth-order valence-corrected chi connectivity index (χ4v) is 2.40. The third kappa shape index (κ3) is 4.86. The van der Waals surface area contributed by atoms with E-state index in [4.69, 9.17) is 0 Å². The molecule has 0 saturated heterocycles. The molecule has 1 heterocycles. The van der Waals surface area contributed by atoms with Gasteiger partial charge in [-0.1, -0.05) is 18.2 Å². The average Bonchev–Trinajstić information content (AvgIpc) is 2.64. The number of amides is 1. The van der Waals surface area contributed by atoms with Crippen LogP contribution >= 0.6 is 0 Å². The topological polar surface area (TPSA) is 54.0 Å². The van der Waals surface area contributed by atoms with Crippen molar-refractivity contribution in [3.8, 4) is 0 Å². The van der Waals surface area contributed by atoms with Gasteiger partial charge in [0, 0.05) is 12.2 Å². The molecule has 0 aliphatic rings. The number of nitrogens with one attached hydrogen (secondary N) is 2. The molecular weight excluding hydrogens is 336 g/mol. The van der Waals surface area contributed by atoms with Crippen LogP contribution in [0, 0.1) is 11.6 Å². The Bertz CT molecular complexity index is 880. The van der Waals surface area contributed by atoms with E-state index in [0.29, 0.717) is 24.3 Å².